The van der Waals surface area contributed by atoms with Crippen molar-refractivity contribution in [1.82, 2.24) is 19.5 Å². The molecule has 0 spiro atoms. The number of nitrogens with one attached hydrogen (secondary N) is 1. The minimum Gasteiger partial charge on any atom is -0.340 e. The van der Waals surface area contributed by atoms with Crippen molar-refractivity contribution >= 4 is 15.9 Å². The van der Waals surface area contributed by atoms with Crippen LogP contribution in [0.5, 0.6) is 0 Å². The van der Waals surface area contributed by atoms with Gasteiger partial charge in [0.05, 0.1) is 4.90 Å². The Bertz CT molecular complexity index is 899. The number of nitrogens with zero attached hydrogens (tertiary/aromatic N) is 3. The normalized spacial score (nSPS) is 15.4. The number of piperazine rings is 1. The number of amides is 1. The van der Waals surface area contributed by atoms with E-state index >= 15 is 0 Å². The Morgan fingerprint density at radius 3 is 2.34 bits per heavy atom. The minimum absolute atomic E-state index is 0.00976. The molecule has 1 aliphatic rings. The molecule has 1 aliphatic heterocycles. The number of sulfonamides is 1. The number of aromatic nitrogens is 1. The van der Waals surface area contributed by atoms with Crippen LogP contribution >= 0.6 is 0 Å². The number of hydrogen-bond acceptors (Lipinski definition) is 5. The van der Waals surface area contributed by atoms with Crippen LogP contribution in [0.1, 0.15) is 18.4 Å². The van der Waals surface area contributed by atoms with E-state index < -0.39 is 15.8 Å². The maximum Gasteiger partial charge on any atom is 0.240 e. The lowest BCUT2D eigenvalue weighted by Crippen LogP contribution is -2.48. The van der Waals surface area contributed by atoms with Crippen LogP contribution in [-0.4, -0.2) is 61.8 Å². The van der Waals surface area contributed by atoms with Crippen molar-refractivity contribution in [3.05, 3.63) is 60.2 Å². The third-order valence-corrected chi connectivity index (χ3v) is 6.34. The van der Waals surface area contributed by atoms with Gasteiger partial charge in [-0.3, -0.25) is 14.7 Å². The van der Waals surface area contributed by atoms with Gasteiger partial charge in [0.25, 0.3) is 0 Å². The Morgan fingerprint density at radius 2 is 1.69 bits per heavy atom. The molecule has 0 bridgehead atoms. The topological polar surface area (TPSA) is 82.6 Å². The summed E-state index contributed by atoms with van der Waals surface area (Å²) in [5, 5.41) is 0. The largest absolute Gasteiger partial charge is 0.340 e. The van der Waals surface area contributed by atoms with E-state index in [0.717, 1.165) is 31.8 Å². The van der Waals surface area contributed by atoms with Crippen molar-refractivity contribution in [1.29, 1.82) is 0 Å². The molecular formula is C20H25FN4O3S. The summed E-state index contributed by atoms with van der Waals surface area (Å²) in [5.74, 6) is -0.454. The number of carbonyl (C=O) groups excluding carboxylic acids is 1. The van der Waals surface area contributed by atoms with E-state index in [4.69, 9.17) is 0 Å². The quantitative estimate of drug-likeness (QED) is 0.657. The highest BCUT2D eigenvalue weighted by Crippen LogP contribution is 2.11. The highest BCUT2D eigenvalue weighted by Gasteiger charge is 2.21. The molecule has 156 valence electrons. The molecule has 0 saturated carbocycles. The number of carbonyl (C=O) groups is 1. The van der Waals surface area contributed by atoms with E-state index in [2.05, 4.69) is 14.6 Å². The van der Waals surface area contributed by atoms with Crippen LogP contribution in [0.25, 0.3) is 0 Å². The first-order valence-electron chi connectivity index (χ1n) is 9.58. The first-order valence-corrected chi connectivity index (χ1v) is 11.1. The van der Waals surface area contributed by atoms with E-state index in [0.29, 0.717) is 19.5 Å². The van der Waals surface area contributed by atoms with Crippen molar-refractivity contribution < 1.29 is 17.6 Å². The number of halogens is 1. The lowest BCUT2D eigenvalue weighted by Gasteiger charge is -2.34. The average Bonchev–Trinajstić information content (AvgIpc) is 2.73. The molecule has 0 aliphatic carbocycles. The predicted molar refractivity (Wildman–Crippen MR) is 107 cm³/mol. The molecule has 1 N–H and O–H groups in total. The lowest BCUT2D eigenvalue weighted by molar-refractivity contribution is -0.133. The molecule has 29 heavy (non-hydrogen) atoms. The van der Waals surface area contributed by atoms with Crippen LogP contribution < -0.4 is 4.72 Å². The zero-order chi connectivity index (χ0) is 20.7. The van der Waals surface area contributed by atoms with Gasteiger partial charge in [0.1, 0.15) is 5.82 Å². The molecule has 0 atom stereocenters. The molecule has 1 fully saturated rings. The van der Waals surface area contributed by atoms with Crippen LogP contribution in [0.2, 0.25) is 0 Å². The van der Waals surface area contributed by atoms with Crippen molar-refractivity contribution in [2.45, 2.75) is 24.3 Å². The molecule has 1 aromatic carbocycles. The van der Waals surface area contributed by atoms with Gasteiger partial charge < -0.3 is 4.90 Å². The predicted octanol–water partition coefficient (Wildman–Crippen LogP) is 1.62. The fraction of sp³-hybridized carbons (Fsp3) is 0.400. The highest BCUT2D eigenvalue weighted by atomic mass is 32.2. The maximum atomic E-state index is 12.9. The molecule has 7 nitrogen and oxygen atoms in total. The number of benzene rings is 1. The van der Waals surface area contributed by atoms with Gasteiger partial charge in [-0.25, -0.2) is 17.5 Å². The lowest BCUT2D eigenvalue weighted by atomic mass is 10.2. The van der Waals surface area contributed by atoms with Gasteiger partial charge in [-0.05, 0) is 48.4 Å². The van der Waals surface area contributed by atoms with E-state index in [1.165, 1.54) is 17.7 Å². The monoisotopic (exact) mass is 420 g/mol. The standard InChI is InChI=1S/C20H25FN4O3S/c21-18-3-5-19(6-4-18)29(27,28)23-9-1-2-20(26)25-14-12-24(13-15-25)16-17-7-10-22-11-8-17/h3-8,10-11,23H,1-2,9,12-16H2. The summed E-state index contributed by atoms with van der Waals surface area (Å²) in [4.78, 5) is 20.5. The zero-order valence-electron chi connectivity index (χ0n) is 16.1. The van der Waals surface area contributed by atoms with Crippen LogP contribution in [0.4, 0.5) is 4.39 Å². The van der Waals surface area contributed by atoms with Gasteiger partial charge in [-0.1, -0.05) is 0 Å². The molecule has 3 rings (SSSR count). The molecule has 1 aromatic heterocycles. The second-order valence-electron chi connectivity index (χ2n) is 6.97. The van der Waals surface area contributed by atoms with Crippen LogP contribution in [-0.2, 0) is 21.4 Å². The zero-order valence-corrected chi connectivity index (χ0v) is 16.9. The van der Waals surface area contributed by atoms with Crippen LogP contribution in [0.3, 0.4) is 0 Å². The smallest absolute Gasteiger partial charge is 0.240 e. The molecule has 0 radical (unpaired) electrons. The van der Waals surface area contributed by atoms with E-state index in [1.54, 1.807) is 12.4 Å². The molecule has 2 aromatic rings. The van der Waals surface area contributed by atoms with Gasteiger partial charge in [-0.2, -0.15) is 0 Å². The van der Waals surface area contributed by atoms with Gasteiger partial charge in [0, 0.05) is 58.1 Å². The Morgan fingerprint density at radius 1 is 1.03 bits per heavy atom. The number of hydrogen-bond donors (Lipinski definition) is 1. The average molecular weight is 421 g/mol. The van der Waals surface area contributed by atoms with E-state index in [-0.39, 0.29) is 23.8 Å². The SMILES string of the molecule is O=C(CCCNS(=O)(=O)c1ccc(F)cc1)N1CCN(Cc2ccncc2)CC1. The van der Waals surface area contributed by atoms with Crippen molar-refractivity contribution in [2.75, 3.05) is 32.7 Å². The Hall–Kier alpha value is -2.36. The van der Waals surface area contributed by atoms with Gasteiger partial charge in [0.15, 0.2) is 0 Å². The first-order chi connectivity index (χ1) is 13.9. The molecular weight excluding hydrogens is 395 g/mol. The van der Waals surface area contributed by atoms with Crippen molar-refractivity contribution in [3.8, 4) is 0 Å². The molecule has 1 saturated heterocycles. The summed E-state index contributed by atoms with van der Waals surface area (Å²) >= 11 is 0. The fourth-order valence-corrected chi connectivity index (χ4v) is 4.28. The van der Waals surface area contributed by atoms with E-state index in [9.17, 15) is 17.6 Å². The number of rotatable bonds is 8. The minimum atomic E-state index is -3.69. The van der Waals surface area contributed by atoms with Gasteiger partial charge in [-0.15, -0.1) is 0 Å². The van der Waals surface area contributed by atoms with Gasteiger partial charge in [0.2, 0.25) is 15.9 Å². The second-order valence-corrected chi connectivity index (χ2v) is 8.73. The third-order valence-electron chi connectivity index (χ3n) is 4.86. The van der Waals surface area contributed by atoms with Gasteiger partial charge >= 0.3 is 0 Å². The summed E-state index contributed by atoms with van der Waals surface area (Å²) in [6.07, 6.45) is 4.26. The third kappa shape index (κ3) is 6.31. The fourth-order valence-electron chi connectivity index (χ4n) is 3.20. The van der Waals surface area contributed by atoms with Crippen LogP contribution in [0.15, 0.2) is 53.7 Å². The van der Waals surface area contributed by atoms with Crippen LogP contribution in [0, 0.1) is 5.82 Å². The molecule has 1 amide bonds. The first kappa shape index (κ1) is 21.4. The summed E-state index contributed by atoms with van der Waals surface area (Å²) < 4.78 is 39.6. The van der Waals surface area contributed by atoms with Crippen molar-refractivity contribution in [3.63, 3.8) is 0 Å². The molecule has 2 heterocycles. The highest BCUT2D eigenvalue weighted by molar-refractivity contribution is 7.89. The Kier molecular flexibility index (Phi) is 7.29. The molecule has 0 unspecified atom stereocenters. The Balaban J connectivity index is 1.36. The maximum absolute atomic E-state index is 12.9. The van der Waals surface area contributed by atoms with E-state index in [1.807, 2.05) is 17.0 Å². The molecule has 9 heteroatoms. The summed E-state index contributed by atoms with van der Waals surface area (Å²) in [5.41, 5.74) is 1.20. The van der Waals surface area contributed by atoms with Crippen molar-refractivity contribution in [2.24, 2.45) is 0 Å². The summed E-state index contributed by atoms with van der Waals surface area (Å²) in [6, 6.07) is 8.62. The summed E-state index contributed by atoms with van der Waals surface area (Å²) in [6.45, 7) is 3.97. The second kappa shape index (κ2) is 9.91. The number of pyridine rings is 1. The summed E-state index contributed by atoms with van der Waals surface area (Å²) in [7, 11) is -3.69. The Labute approximate surface area is 170 Å².